The summed E-state index contributed by atoms with van der Waals surface area (Å²) in [6.07, 6.45) is 5.79. The fraction of sp³-hybridized carbons (Fsp3) is 0.100. The van der Waals surface area contributed by atoms with E-state index in [0.717, 1.165) is 6.42 Å². The molecule has 100 valence electrons. The van der Waals surface area contributed by atoms with Crippen LogP contribution < -0.4 is 5.22 Å². The molecule has 0 unspecified atom stereocenters. The molecule has 2 aromatic heterocycles. The molecule has 4 aromatic rings. The summed E-state index contributed by atoms with van der Waals surface area (Å²) in [7, 11) is 0. The molecule has 21 heavy (non-hydrogen) atoms. The first kappa shape index (κ1) is 11.2. The molecule has 0 spiro atoms. The average Bonchev–Trinajstić information content (AvgIpc) is 2.93. The number of allylic oxidation sites excluding steroid dienone is 1. The lowest BCUT2D eigenvalue weighted by molar-refractivity contribution is 1.29. The summed E-state index contributed by atoms with van der Waals surface area (Å²) in [5.74, 6) is 0. The van der Waals surface area contributed by atoms with E-state index in [4.69, 9.17) is 0 Å². The van der Waals surface area contributed by atoms with Crippen molar-refractivity contribution >= 4 is 39.5 Å². The number of para-hydroxylation sites is 2. The first-order valence-corrected chi connectivity index (χ1v) is 7.45. The molecule has 0 amide bonds. The highest BCUT2D eigenvalue weighted by Gasteiger charge is 2.17. The zero-order valence-electron chi connectivity index (χ0n) is 11.9. The Balaban J connectivity index is 2.23. The van der Waals surface area contributed by atoms with Crippen LogP contribution in [0.2, 0.25) is 0 Å². The molecular weight excluding hydrogens is 254 g/mol. The Labute approximate surface area is 122 Å². The second-order valence-corrected chi connectivity index (χ2v) is 5.94. The van der Waals surface area contributed by atoms with Crippen LogP contribution in [-0.4, -0.2) is 4.40 Å². The maximum Gasteiger partial charge on any atom is 0.0617 e. The molecule has 1 nitrogen and oxygen atoms in total. The van der Waals surface area contributed by atoms with Crippen LogP contribution in [0.1, 0.15) is 18.9 Å². The molecule has 2 aromatic carbocycles. The molecule has 0 saturated carbocycles. The van der Waals surface area contributed by atoms with E-state index in [0.29, 0.717) is 0 Å². The third-order valence-electron chi connectivity index (χ3n) is 4.62. The number of nitrogens with zero attached hydrogens (tertiary/aromatic N) is 1. The second kappa shape index (κ2) is 3.76. The van der Waals surface area contributed by atoms with Crippen LogP contribution in [0, 0.1) is 0 Å². The summed E-state index contributed by atoms with van der Waals surface area (Å²) in [5, 5.41) is 4.11. The van der Waals surface area contributed by atoms with Gasteiger partial charge in [0.25, 0.3) is 0 Å². The maximum absolute atomic E-state index is 2.43. The summed E-state index contributed by atoms with van der Waals surface area (Å²) in [6.45, 7) is 2.23. The van der Waals surface area contributed by atoms with Gasteiger partial charge in [-0.2, -0.15) is 0 Å². The standard InChI is InChI=1S/C20H15N/c1-13-10-11-16-14-6-2-4-8-18(14)21-19-9-5-3-7-15(19)17(12-13)20(16)21/h2-9,11-12H,10H2,1H3. The molecule has 1 heteroatoms. The number of fused-ring (bicyclic) bond motifs is 6. The van der Waals surface area contributed by atoms with Crippen molar-refractivity contribution in [2.75, 3.05) is 0 Å². The minimum absolute atomic E-state index is 1.03. The van der Waals surface area contributed by atoms with Crippen molar-refractivity contribution in [3.05, 3.63) is 64.9 Å². The lowest BCUT2D eigenvalue weighted by Crippen LogP contribution is -1.97. The zero-order valence-corrected chi connectivity index (χ0v) is 11.9. The van der Waals surface area contributed by atoms with E-state index in [9.17, 15) is 0 Å². The normalized spacial score (nSPS) is 14.4. The van der Waals surface area contributed by atoms with Gasteiger partial charge in [-0.1, -0.05) is 54.1 Å². The predicted octanol–water partition coefficient (Wildman–Crippen LogP) is 4.55. The fourth-order valence-corrected chi connectivity index (χ4v) is 3.73. The first-order chi connectivity index (χ1) is 10.3. The lowest BCUT2D eigenvalue weighted by Gasteiger charge is -1.95. The van der Waals surface area contributed by atoms with Gasteiger partial charge in [0, 0.05) is 21.6 Å². The van der Waals surface area contributed by atoms with Gasteiger partial charge in [-0.05, 0) is 25.5 Å². The molecular formula is C20H15N. The van der Waals surface area contributed by atoms with Crippen molar-refractivity contribution in [3.8, 4) is 0 Å². The number of aromatic nitrogens is 1. The molecule has 0 atom stereocenters. The van der Waals surface area contributed by atoms with Gasteiger partial charge in [-0.3, -0.25) is 0 Å². The molecule has 0 N–H and O–H groups in total. The third-order valence-corrected chi connectivity index (χ3v) is 4.62. The predicted molar refractivity (Wildman–Crippen MR) is 90.4 cm³/mol. The summed E-state index contributed by atoms with van der Waals surface area (Å²) >= 11 is 0. The third kappa shape index (κ3) is 1.31. The van der Waals surface area contributed by atoms with Crippen molar-refractivity contribution in [2.24, 2.45) is 0 Å². The van der Waals surface area contributed by atoms with Gasteiger partial charge >= 0.3 is 0 Å². The fourth-order valence-electron chi connectivity index (χ4n) is 3.73. The highest BCUT2D eigenvalue weighted by Crippen LogP contribution is 2.32. The smallest absolute Gasteiger partial charge is 0.0617 e. The van der Waals surface area contributed by atoms with Gasteiger partial charge in [0.1, 0.15) is 0 Å². The Bertz CT molecular complexity index is 1110. The van der Waals surface area contributed by atoms with E-state index in [1.807, 2.05) is 0 Å². The molecule has 0 aliphatic heterocycles. The lowest BCUT2D eigenvalue weighted by atomic mass is 10.1. The van der Waals surface area contributed by atoms with Crippen LogP contribution in [0.4, 0.5) is 0 Å². The molecule has 5 rings (SSSR count). The molecule has 0 fully saturated rings. The minimum atomic E-state index is 1.03. The van der Waals surface area contributed by atoms with E-state index >= 15 is 0 Å². The molecule has 0 radical (unpaired) electrons. The minimum Gasteiger partial charge on any atom is -0.308 e. The Morgan fingerprint density at radius 2 is 1.52 bits per heavy atom. The monoisotopic (exact) mass is 269 g/mol. The van der Waals surface area contributed by atoms with Gasteiger partial charge in [-0.15, -0.1) is 0 Å². The van der Waals surface area contributed by atoms with Gasteiger partial charge < -0.3 is 4.40 Å². The molecule has 0 saturated heterocycles. The molecule has 2 heterocycles. The number of hydrogen-bond acceptors (Lipinski definition) is 0. The summed E-state index contributed by atoms with van der Waals surface area (Å²) in [6, 6.07) is 17.5. The van der Waals surface area contributed by atoms with Crippen molar-refractivity contribution in [2.45, 2.75) is 13.3 Å². The topological polar surface area (TPSA) is 4.41 Å². The van der Waals surface area contributed by atoms with Crippen molar-refractivity contribution in [1.29, 1.82) is 0 Å². The molecule has 1 aliphatic carbocycles. The van der Waals surface area contributed by atoms with Crippen LogP contribution in [0.5, 0.6) is 0 Å². The first-order valence-electron chi connectivity index (χ1n) is 7.45. The van der Waals surface area contributed by atoms with Crippen LogP contribution in [0.3, 0.4) is 0 Å². The van der Waals surface area contributed by atoms with Crippen LogP contribution >= 0.6 is 0 Å². The largest absolute Gasteiger partial charge is 0.308 e. The summed E-state index contributed by atoms with van der Waals surface area (Å²) < 4.78 is 2.43. The van der Waals surface area contributed by atoms with Gasteiger partial charge in [0.05, 0.1) is 16.6 Å². The van der Waals surface area contributed by atoms with Gasteiger partial charge in [0.15, 0.2) is 0 Å². The van der Waals surface area contributed by atoms with Crippen LogP contribution in [0.15, 0.2) is 54.1 Å². The quantitative estimate of drug-likeness (QED) is 0.441. The van der Waals surface area contributed by atoms with Crippen molar-refractivity contribution < 1.29 is 0 Å². The summed E-state index contributed by atoms with van der Waals surface area (Å²) in [4.78, 5) is 0. The van der Waals surface area contributed by atoms with E-state index in [1.54, 1.807) is 0 Å². The number of rotatable bonds is 0. The highest BCUT2D eigenvalue weighted by molar-refractivity contribution is 6.06. The van der Waals surface area contributed by atoms with Crippen LogP contribution in [-0.2, 0) is 0 Å². The van der Waals surface area contributed by atoms with Crippen molar-refractivity contribution in [3.63, 3.8) is 0 Å². The van der Waals surface area contributed by atoms with E-state index in [1.165, 1.54) is 43.7 Å². The highest BCUT2D eigenvalue weighted by atomic mass is 14.9. The van der Waals surface area contributed by atoms with Gasteiger partial charge in [-0.25, -0.2) is 0 Å². The van der Waals surface area contributed by atoms with E-state index in [2.05, 4.69) is 72.0 Å². The molecule has 0 bridgehead atoms. The maximum atomic E-state index is 2.43. The summed E-state index contributed by atoms with van der Waals surface area (Å²) in [5.41, 5.74) is 6.80. The van der Waals surface area contributed by atoms with Gasteiger partial charge in [0.2, 0.25) is 0 Å². The molecule has 1 aliphatic rings. The second-order valence-electron chi connectivity index (χ2n) is 5.94. The Kier molecular flexibility index (Phi) is 2.00. The van der Waals surface area contributed by atoms with Crippen molar-refractivity contribution in [1.82, 2.24) is 4.40 Å². The van der Waals surface area contributed by atoms with E-state index in [-0.39, 0.29) is 0 Å². The SMILES string of the molecule is CC1=Cc2c3ccccc3n3c2c(c2ccccc23)=CC1. The van der Waals surface area contributed by atoms with Crippen LogP contribution in [0.25, 0.3) is 39.5 Å². The number of benzene rings is 2. The Morgan fingerprint density at radius 1 is 0.857 bits per heavy atom. The average molecular weight is 269 g/mol. The Morgan fingerprint density at radius 3 is 2.33 bits per heavy atom. The zero-order chi connectivity index (χ0) is 14.0. The number of hydrogen-bond donors (Lipinski definition) is 0. The van der Waals surface area contributed by atoms with E-state index < -0.39 is 0 Å². The Hall–Kier alpha value is -2.54.